The molecule has 6 heteroatoms. The van der Waals surface area contributed by atoms with Gasteiger partial charge in [0, 0.05) is 13.1 Å². The van der Waals surface area contributed by atoms with Crippen molar-refractivity contribution in [3.8, 4) is 18.2 Å². The molecule has 0 N–H and O–H groups in total. The van der Waals surface area contributed by atoms with Crippen LogP contribution in [0.1, 0.15) is 5.69 Å². The Hall–Kier alpha value is -1.64. The fourth-order valence-corrected chi connectivity index (χ4v) is 0.839. The van der Waals surface area contributed by atoms with Crippen molar-refractivity contribution in [1.82, 2.24) is 9.78 Å². The van der Waals surface area contributed by atoms with Gasteiger partial charge in [-0.25, -0.2) is 4.68 Å². The van der Waals surface area contributed by atoms with E-state index in [0.29, 0.717) is 0 Å². The van der Waals surface area contributed by atoms with Crippen LogP contribution < -0.4 is 4.74 Å². The molecule has 1 aromatic heterocycles. The lowest BCUT2D eigenvalue weighted by atomic mass is 10.4. The number of nitrogens with zero attached hydrogens (tertiary/aromatic N) is 2. The zero-order chi connectivity index (χ0) is 10.8. The number of hydrogen-bond donors (Lipinski definition) is 0. The van der Waals surface area contributed by atoms with Gasteiger partial charge in [0.15, 0.2) is 12.3 Å². The van der Waals surface area contributed by atoms with Gasteiger partial charge in [-0.05, 0) is 0 Å². The molecule has 1 aromatic rings. The molecular formula is C8H7F3N2O. The largest absolute Gasteiger partial charge is 0.465 e. The van der Waals surface area contributed by atoms with E-state index >= 15 is 0 Å². The van der Waals surface area contributed by atoms with E-state index in [-0.39, 0.29) is 12.5 Å². The molecule has 0 bridgehead atoms. The first-order chi connectivity index (χ1) is 6.45. The summed E-state index contributed by atoms with van der Waals surface area (Å²) in [6.45, 7) is -0.0865. The summed E-state index contributed by atoms with van der Waals surface area (Å²) in [5, 5.41) is 3.23. The number of rotatable bonds is 2. The molecule has 0 aliphatic carbocycles. The third-order valence-corrected chi connectivity index (χ3v) is 1.43. The first kappa shape index (κ1) is 10.4. The predicted molar refractivity (Wildman–Crippen MR) is 42.5 cm³/mol. The third-order valence-electron chi connectivity index (χ3n) is 1.43. The van der Waals surface area contributed by atoms with Gasteiger partial charge in [-0.1, -0.05) is 5.92 Å². The van der Waals surface area contributed by atoms with Crippen LogP contribution in [0.2, 0.25) is 0 Å². The lowest BCUT2D eigenvalue weighted by Crippen LogP contribution is -2.06. The van der Waals surface area contributed by atoms with Gasteiger partial charge < -0.3 is 4.74 Å². The highest BCUT2D eigenvalue weighted by Crippen LogP contribution is 2.30. The summed E-state index contributed by atoms with van der Waals surface area (Å²) in [4.78, 5) is 0. The highest BCUT2D eigenvalue weighted by Gasteiger charge is 2.34. The van der Waals surface area contributed by atoms with Crippen LogP contribution >= 0.6 is 0 Å². The summed E-state index contributed by atoms with van der Waals surface area (Å²) in [5.41, 5.74) is -0.993. The molecule has 1 rings (SSSR count). The Kier molecular flexibility index (Phi) is 2.70. The van der Waals surface area contributed by atoms with Gasteiger partial charge >= 0.3 is 6.18 Å². The van der Waals surface area contributed by atoms with Crippen LogP contribution in [0.15, 0.2) is 6.07 Å². The molecule has 0 fully saturated rings. The van der Waals surface area contributed by atoms with E-state index in [2.05, 4.69) is 11.0 Å². The molecule has 0 aliphatic rings. The molecule has 3 nitrogen and oxygen atoms in total. The maximum Gasteiger partial charge on any atom is 0.435 e. The molecule has 0 saturated carbocycles. The van der Waals surface area contributed by atoms with Crippen LogP contribution in [-0.4, -0.2) is 16.4 Å². The van der Waals surface area contributed by atoms with E-state index in [1.165, 1.54) is 7.05 Å². The van der Waals surface area contributed by atoms with Crippen LogP contribution in [0.4, 0.5) is 13.2 Å². The summed E-state index contributed by atoms with van der Waals surface area (Å²) in [7, 11) is 1.35. The van der Waals surface area contributed by atoms with Gasteiger partial charge in [-0.15, -0.1) is 6.42 Å². The van der Waals surface area contributed by atoms with Crippen molar-refractivity contribution >= 4 is 0 Å². The average molecular weight is 204 g/mol. The Balaban J connectivity index is 2.89. The minimum Gasteiger partial charge on any atom is -0.465 e. The highest BCUT2D eigenvalue weighted by molar-refractivity contribution is 5.18. The number of terminal acetylenes is 1. The Morgan fingerprint density at radius 2 is 2.29 bits per heavy atom. The maximum atomic E-state index is 12.1. The van der Waals surface area contributed by atoms with Gasteiger partial charge in [0.1, 0.15) is 0 Å². The van der Waals surface area contributed by atoms with E-state index in [1.807, 2.05) is 0 Å². The summed E-state index contributed by atoms with van der Waals surface area (Å²) >= 11 is 0. The van der Waals surface area contributed by atoms with Crippen LogP contribution in [0.5, 0.6) is 5.88 Å². The van der Waals surface area contributed by atoms with E-state index in [0.717, 1.165) is 10.7 Å². The predicted octanol–water partition coefficient (Wildman–Crippen LogP) is 1.45. The quantitative estimate of drug-likeness (QED) is 0.682. The molecule has 0 amide bonds. The molecule has 0 aromatic carbocycles. The minimum absolute atomic E-state index is 0.00437. The van der Waals surface area contributed by atoms with Crippen molar-refractivity contribution in [3.05, 3.63) is 11.8 Å². The Labute approximate surface area is 78.5 Å². The number of aromatic nitrogens is 2. The number of alkyl halides is 3. The smallest absolute Gasteiger partial charge is 0.435 e. The topological polar surface area (TPSA) is 27.1 Å². The highest BCUT2D eigenvalue weighted by atomic mass is 19.4. The maximum absolute atomic E-state index is 12.1. The van der Waals surface area contributed by atoms with Crippen LogP contribution in [0.25, 0.3) is 0 Å². The van der Waals surface area contributed by atoms with Gasteiger partial charge in [-0.3, -0.25) is 0 Å². The van der Waals surface area contributed by atoms with E-state index in [9.17, 15) is 13.2 Å². The van der Waals surface area contributed by atoms with Crippen molar-refractivity contribution in [3.63, 3.8) is 0 Å². The Morgan fingerprint density at radius 3 is 2.71 bits per heavy atom. The normalized spacial score (nSPS) is 11.1. The van der Waals surface area contributed by atoms with Gasteiger partial charge in [0.2, 0.25) is 5.88 Å². The molecule has 0 aliphatic heterocycles. The standard InChI is InChI=1S/C8H7F3N2O/c1-3-4-14-7-5-6(8(9,10)11)12-13(7)2/h1,5H,4H2,2H3. The minimum atomic E-state index is -4.46. The molecular weight excluding hydrogens is 197 g/mol. The number of halogens is 3. The lowest BCUT2D eigenvalue weighted by Gasteiger charge is -1.99. The van der Waals surface area contributed by atoms with Gasteiger partial charge in [0.05, 0.1) is 0 Å². The number of aryl methyl sites for hydroxylation is 1. The van der Waals surface area contributed by atoms with Crippen molar-refractivity contribution in [2.75, 3.05) is 6.61 Å². The molecule has 0 unspecified atom stereocenters. The van der Waals surface area contributed by atoms with Gasteiger partial charge in [0.25, 0.3) is 0 Å². The Bertz CT molecular complexity index is 362. The molecule has 0 saturated heterocycles. The van der Waals surface area contributed by atoms with E-state index in [4.69, 9.17) is 11.2 Å². The van der Waals surface area contributed by atoms with Gasteiger partial charge in [-0.2, -0.15) is 18.3 Å². The van der Waals surface area contributed by atoms with E-state index in [1.54, 1.807) is 0 Å². The molecule has 0 radical (unpaired) electrons. The molecule has 76 valence electrons. The number of ether oxygens (including phenoxy) is 1. The first-order valence-corrected chi connectivity index (χ1v) is 3.62. The fourth-order valence-electron chi connectivity index (χ4n) is 0.839. The fraction of sp³-hybridized carbons (Fsp3) is 0.375. The second-order valence-electron chi connectivity index (χ2n) is 2.48. The van der Waals surface area contributed by atoms with Crippen molar-refractivity contribution in [2.45, 2.75) is 6.18 Å². The lowest BCUT2D eigenvalue weighted by molar-refractivity contribution is -0.141. The van der Waals surface area contributed by atoms with Crippen LogP contribution in [-0.2, 0) is 13.2 Å². The molecule has 0 atom stereocenters. The SMILES string of the molecule is C#CCOc1cc(C(F)(F)F)nn1C. The van der Waals surface area contributed by atoms with Crippen molar-refractivity contribution < 1.29 is 17.9 Å². The zero-order valence-corrected chi connectivity index (χ0v) is 7.30. The monoisotopic (exact) mass is 204 g/mol. The molecule has 14 heavy (non-hydrogen) atoms. The van der Waals surface area contributed by atoms with E-state index < -0.39 is 11.9 Å². The summed E-state index contributed by atoms with van der Waals surface area (Å²) in [6.07, 6.45) is 0.429. The third kappa shape index (κ3) is 2.19. The zero-order valence-electron chi connectivity index (χ0n) is 7.30. The second kappa shape index (κ2) is 3.62. The van der Waals surface area contributed by atoms with Crippen LogP contribution in [0.3, 0.4) is 0 Å². The average Bonchev–Trinajstić information content (AvgIpc) is 2.43. The summed E-state index contributed by atoms with van der Waals surface area (Å²) < 4.78 is 42.2. The molecule has 1 heterocycles. The van der Waals surface area contributed by atoms with Crippen LogP contribution in [0, 0.1) is 12.3 Å². The van der Waals surface area contributed by atoms with Crippen molar-refractivity contribution in [2.24, 2.45) is 7.05 Å². The summed E-state index contributed by atoms with van der Waals surface area (Å²) in [6, 6.07) is 0.803. The Morgan fingerprint density at radius 1 is 1.64 bits per heavy atom. The number of hydrogen-bond acceptors (Lipinski definition) is 2. The molecule has 0 spiro atoms. The van der Waals surface area contributed by atoms with Crippen molar-refractivity contribution in [1.29, 1.82) is 0 Å². The summed E-state index contributed by atoms with van der Waals surface area (Å²) in [5.74, 6) is 2.14. The first-order valence-electron chi connectivity index (χ1n) is 3.62. The second-order valence-corrected chi connectivity index (χ2v) is 2.48.